The van der Waals surface area contributed by atoms with Gasteiger partial charge in [-0.1, -0.05) is 53.0 Å². The molecule has 0 radical (unpaired) electrons. The first kappa shape index (κ1) is 16.0. The third kappa shape index (κ3) is 5.12. The van der Waals surface area contributed by atoms with Crippen molar-refractivity contribution < 1.29 is 9.53 Å². The van der Waals surface area contributed by atoms with Gasteiger partial charge in [-0.15, -0.1) is 0 Å². The lowest BCUT2D eigenvalue weighted by Crippen LogP contribution is -2.28. The fourth-order valence-corrected chi connectivity index (χ4v) is 2.36. The second-order valence-corrected chi connectivity index (χ2v) is 5.54. The minimum absolute atomic E-state index is 0.124. The molecule has 1 N–H and O–H groups in total. The highest BCUT2D eigenvalue weighted by Crippen LogP contribution is 2.24. The molecule has 1 amide bonds. The van der Waals surface area contributed by atoms with Crippen LogP contribution in [0.5, 0.6) is 5.75 Å². The van der Waals surface area contributed by atoms with E-state index in [2.05, 4.69) is 5.32 Å². The summed E-state index contributed by atoms with van der Waals surface area (Å²) in [6.07, 6.45) is 0. The van der Waals surface area contributed by atoms with E-state index in [1.165, 1.54) is 0 Å². The molecule has 0 aliphatic carbocycles. The van der Waals surface area contributed by atoms with Crippen molar-refractivity contribution >= 4 is 40.7 Å². The van der Waals surface area contributed by atoms with Crippen molar-refractivity contribution in [2.75, 3.05) is 6.61 Å². The van der Waals surface area contributed by atoms with Gasteiger partial charge in [0, 0.05) is 21.6 Å². The van der Waals surface area contributed by atoms with Gasteiger partial charge < -0.3 is 10.1 Å². The molecule has 0 saturated carbocycles. The maximum absolute atomic E-state index is 11.7. The predicted molar refractivity (Wildman–Crippen MR) is 85.3 cm³/mol. The average molecular weight is 345 g/mol. The first-order valence-corrected chi connectivity index (χ1v) is 7.27. The van der Waals surface area contributed by atoms with Crippen molar-refractivity contribution in [1.82, 2.24) is 5.32 Å². The van der Waals surface area contributed by atoms with Crippen LogP contribution in [0.15, 0.2) is 42.5 Å². The molecule has 0 unspecified atom stereocenters. The second kappa shape index (κ2) is 7.55. The number of hydrogen-bond acceptors (Lipinski definition) is 2. The van der Waals surface area contributed by atoms with Crippen molar-refractivity contribution in [3.8, 4) is 5.75 Å². The summed E-state index contributed by atoms with van der Waals surface area (Å²) in [5.74, 6) is 0.186. The van der Waals surface area contributed by atoms with Crippen molar-refractivity contribution in [2.45, 2.75) is 6.54 Å². The quantitative estimate of drug-likeness (QED) is 0.876. The number of rotatable bonds is 5. The number of nitrogens with one attached hydrogen (secondary N) is 1. The van der Waals surface area contributed by atoms with E-state index in [4.69, 9.17) is 39.5 Å². The van der Waals surface area contributed by atoms with E-state index < -0.39 is 0 Å². The fraction of sp³-hybridized carbons (Fsp3) is 0.133. The van der Waals surface area contributed by atoms with E-state index in [9.17, 15) is 4.79 Å². The van der Waals surface area contributed by atoms with Gasteiger partial charge in [0.05, 0.1) is 0 Å². The number of ether oxygens (including phenoxy) is 1. The second-order valence-electron chi connectivity index (χ2n) is 4.26. The molecule has 21 heavy (non-hydrogen) atoms. The van der Waals surface area contributed by atoms with Gasteiger partial charge in [-0.05, 0) is 29.8 Å². The van der Waals surface area contributed by atoms with Gasteiger partial charge in [0.15, 0.2) is 6.61 Å². The third-order valence-electron chi connectivity index (χ3n) is 2.64. The highest BCUT2D eigenvalue weighted by atomic mass is 35.5. The molecule has 0 atom stereocenters. The molecule has 0 aromatic heterocycles. The summed E-state index contributed by atoms with van der Waals surface area (Å²) in [6, 6.07) is 12.1. The largest absolute Gasteiger partial charge is 0.484 e. The molecule has 6 heteroatoms. The van der Waals surface area contributed by atoms with E-state index >= 15 is 0 Å². The highest BCUT2D eigenvalue weighted by molar-refractivity contribution is 6.34. The summed E-state index contributed by atoms with van der Waals surface area (Å²) in [4.78, 5) is 11.7. The number of hydrogen-bond donors (Lipinski definition) is 1. The minimum atomic E-state index is -0.258. The van der Waals surface area contributed by atoms with Crippen LogP contribution in [0.25, 0.3) is 0 Å². The zero-order valence-corrected chi connectivity index (χ0v) is 13.2. The van der Waals surface area contributed by atoms with E-state index in [0.29, 0.717) is 27.4 Å². The number of benzene rings is 2. The predicted octanol–water partition coefficient (Wildman–Crippen LogP) is 4.34. The van der Waals surface area contributed by atoms with Crippen LogP contribution in [0.2, 0.25) is 15.1 Å². The smallest absolute Gasteiger partial charge is 0.258 e. The molecule has 0 saturated heterocycles. The van der Waals surface area contributed by atoms with Crippen LogP contribution in [0.4, 0.5) is 0 Å². The molecule has 3 nitrogen and oxygen atoms in total. The maximum atomic E-state index is 11.7. The van der Waals surface area contributed by atoms with Gasteiger partial charge in [-0.2, -0.15) is 0 Å². The van der Waals surface area contributed by atoms with Crippen molar-refractivity contribution in [1.29, 1.82) is 0 Å². The highest BCUT2D eigenvalue weighted by Gasteiger charge is 2.06. The molecular weight excluding hydrogens is 333 g/mol. The van der Waals surface area contributed by atoms with Crippen LogP contribution >= 0.6 is 34.8 Å². The summed E-state index contributed by atoms with van der Waals surface area (Å²) in [5.41, 5.74) is 0.846. The Morgan fingerprint density at radius 2 is 1.71 bits per heavy atom. The first-order valence-electron chi connectivity index (χ1n) is 6.13. The fourth-order valence-electron chi connectivity index (χ4n) is 1.65. The van der Waals surface area contributed by atoms with Gasteiger partial charge in [0.1, 0.15) is 5.75 Å². The Kier molecular flexibility index (Phi) is 5.74. The van der Waals surface area contributed by atoms with Crippen molar-refractivity contribution in [3.05, 3.63) is 63.1 Å². The Labute approximate surface area is 137 Å². The molecule has 2 rings (SSSR count). The normalized spacial score (nSPS) is 10.2. The number of amides is 1. The lowest BCUT2D eigenvalue weighted by molar-refractivity contribution is -0.123. The number of carbonyl (C=O) groups is 1. The van der Waals surface area contributed by atoms with Gasteiger partial charge in [-0.25, -0.2) is 0 Å². The topological polar surface area (TPSA) is 38.3 Å². The molecule has 0 spiro atoms. The van der Waals surface area contributed by atoms with Crippen LogP contribution < -0.4 is 10.1 Å². The van der Waals surface area contributed by atoms with E-state index in [0.717, 1.165) is 5.56 Å². The summed E-state index contributed by atoms with van der Waals surface area (Å²) in [7, 11) is 0. The molecule has 0 aliphatic heterocycles. The molecule has 0 fully saturated rings. The third-order valence-corrected chi connectivity index (χ3v) is 3.45. The lowest BCUT2D eigenvalue weighted by Gasteiger charge is -2.09. The zero-order chi connectivity index (χ0) is 15.2. The summed E-state index contributed by atoms with van der Waals surface area (Å²) >= 11 is 17.7. The van der Waals surface area contributed by atoms with Crippen molar-refractivity contribution in [2.24, 2.45) is 0 Å². The van der Waals surface area contributed by atoms with Gasteiger partial charge in [0.2, 0.25) is 0 Å². The van der Waals surface area contributed by atoms with Crippen LogP contribution in [-0.2, 0) is 11.3 Å². The first-order chi connectivity index (χ1) is 10.0. The van der Waals surface area contributed by atoms with Gasteiger partial charge in [-0.3, -0.25) is 4.79 Å². The van der Waals surface area contributed by atoms with Gasteiger partial charge in [0.25, 0.3) is 5.91 Å². The summed E-state index contributed by atoms with van der Waals surface area (Å²) < 4.78 is 5.33. The molecule has 110 valence electrons. The van der Waals surface area contributed by atoms with Crippen LogP contribution in [0.3, 0.4) is 0 Å². The molecule has 2 aromatic carbocycles. The molecule has 2 aromatic rings. The molecular formula is C15H12Cl3NO2. The lowest BCUT2D eigenvalue weighted by atomic mass is 10.2. The van der Waals surface area contributed by atoms with E-state index in [1.807, 2.05) is 18.2 Å². The monoisotopic (exact) mass is 343 g/mol. The molecule has 0 bridgehead atoms. The number of halogens is 3. The van der Waals surface area contributed by atoms with E-state index in [-0.39, 0.29) is 12.5 Å². The van der Waals surface area contributed by atoms with E-state index in [1.54, 1.807) is 24.3 Å². The molecule has 0 heterocycles. The minimum Gasteiger partial charge on any atom is -0.484 e. The Morgan fingerprint density at radius 1 is 1.05 bits per heavy atom. The Bertz CT molecular complexity index is 626. The van der Waals surface area contributed by atoms with Crippen LogP contribution in [0, 0.1) is 0 Å². The SMILES string of the molecule is O=C(COc1cc(Cl)cc(Cl)c1)NCc1ccccc1Cl. The maximum Gasteiger partial charge on any atom is 0.258 e. The summed E-state index contributed by atoms with van der Waals surface area (Å²) in [5, 5.41) is 4.24. The summed E-state index contributed by atoms with van der Waals surface area (Å²) in [6.45, 7) is 0.222. The number of carbonyl (C=O) groups excluding carboxylic acids is 1. The van der Waals surface area contributed by atoms with Gasteiger partial charge >= 0.3 is 0 Å². The Balaban J connectivity index is 1.84. The Morgan fingerprint density at radius 3 is 2.38 bits per heavy atom. The van der Waals surface area contributed by atoms with Crippen LogP contribution in [0.1, 0.15) is 5.56 Å². The zero-order valence-electron chi connectivity index (χ0n) is 10.9. The Hall–Kier alpha value is -1.42. The standard InChI is InChI=1S/C15H12Cl3NO2/c16-11-5-12(17)7-13(6-11)21-9-15(20)19-8-10-3-1-2-4-14(10)18/h1-7H,8-9H2,(H,19,20). The van der Waals surface area contributed by atoms with Crippen molar-refractivity contribution in [3.63, 3.8) is 0 Å². The average Bonchev–Trinajstić information content (AvgIpc) is 2.43. The van der Waals surface area contributed by atoms with Crippen LogP contribution in [-0.4, -0.2) is 12.5 Å². The molecule has 0 aliphatic rings.